The lowest BCUT2D eigenvalue weighted by Crippen LogP contribution is -2.10. The van der Waals surface area contributed by atoms with Crippen molar-refractivity contribution in [2.75, 3.05) is 12.3 Å². The molecular formula is C10H15N5O. The van der Waals surface area contributed by atoms with Gasteiger partial charge < -0.3 is 15.0 Å². The predicted octanol–water partition coefficient (Wildman–Crippen LogP) is 0.833. The monoisotopic (exact) mass is 221 g/mol. The fourth-order valence-corrected chi connectivity index (χ4v) is 1.45. The van der Waals surface area contributed by atoms with Crippen LogP contribution in [0.4, 0.5) is 5.82 Å². The fourth-order valence-electron chi connectivity index (χ4n) is 1.45. The van der Waals surface area contributed by atoms with Crippen LogP contribution in [0.15, 0.2) is 12.7 Å². The second-order valence-corrected chi connectivity index (χ2v) is 3.79. The van der Waals surface area contributed by atoms with E-state index in [2.05, 4.69) is 15.0 Å². The largest absolute Gasteiger partial charge is 0.382 e. The molecule has 6 heteroatoms. The van der Waals surface area contributed by atoms with Crippen LogP contribution in [0.25, 0.3) is 11.2 Å². The van der Waals surface area contributed by atoms with Gasteiger partial charge in [0.1, 0.15) is 11.8 Å². The highest BCUT2D eigenvalue weighted by Gasteiger charge is 2.07. The summed E-state index contributed by atoms with van der Waals surface area (Å²) in [5, 5.41) is 0. The second-order valence-electron chi connectivity index (χ2n) is 3.79. The zero-order valence-electron chi connectivity index (χ0n) is 9.42. The topological polar surface area (TPSA) is 78.9 Å². The van der Waals surface area contributed by atoms with Gasteiger partial charge in [0.25, 0.3) is 0 Å². The van der Waals surface area contributed by atoms with E-state index in [9.17, 15) is 0 Å². The molecule has 6 nitrogen and oxygen atoms in total. The summed E-state index contributed by atoms with van der Waals surface area (Å²) < 4.78 is 7.38. The van der Waals surface area contributed by atoms with E-state index in [0.29, 0.717) is 24.5 Å². The maximum Gasteiger partial charge on any atom is 0.165 e. The Morgan fingerprint density at radius 3 is 2.94 bits per heavy atom. The number of nitrogen functional groups attached to an aromatic ring is 1. The van der Waals surface area contributed by atoms with E-state index >= 15 is 0 Å². The quantitative estimate of drug-likeness (QED) is 0.827. The number of hydrogen-bond acceptors (Lipinski definition) is 5. The smallest absolute Gasteiger partial charge is 0.165 e. The number of hydrogen-bond donors (Lipinski definition) is 1. The SMILES string of the molecule is CC(C)OCCn1cnc2c(N)ncnc21. The molecule has 16 heavy (non-hydrogen) atoms. The van der Waals surface area contributed by atoms with Crippen LogP contribution in [0.3, 0.4) is 0 Å². The first kappa shape index (κ1) is 10.8. The lowest BCUT2D eigenvalue weighted by molar-refractivity contribution is 0.0732. The molecule has 0 unspecified atom stereocenters. The average molecular weight is 221 g/mol. The van der Waals surface area contributed by atoms with E-state index in [1.165, 1.54) is 6.33 Å². The van der Waals surface area contributed by atoms with E-state index in [1.807, 2.05) is 18.4 Å². The summed E-state index contributed by atoms with van der Waals surface area (Å²) in [7, 11) is 0. The molecule has 2 rings (SSSR count). The van der Waals surface area contributed by atoms with Crippen LogP contribution in [0, 0.1) is 0 Å². The number of nitrogens with zero attached hydrogens (tertiary/aromatic N) is 4. The average Bonchev–Trinajstić information content (AvgIpc) is 2.63. The number of nitrogens with two attached hydrogens (primary N) is 1. The minimum Gasteiger partial charge on any atom is -0.382 e. The molecular weight excluding hydrogens is 206 g/mol. The Balaban J connectivity index is 2.16. The summed E-state index contributed by atoms with van der Waals surface area (Å²) in [5.41, 5.74) is 7.08. The highest BCUT2D eigenvalue weighted by Crippen LogP contribution is 2.13. The number of aromatic nitrogens is 4. The van der Waals surface area contributed by atoms with Crippen molar-refractivity contribution < 1.29 is 4.74 Å². The molecule has 2 aromatic heterocycles. The summed E-state index contributed by atoms with van der Waals surface area (Å²) in [4.78, 5) is 12.2. The van der Waals surface area contributed by atoms with Gasteiger partial charge in [0, 0.05) is 6.54 Å². The molecule has 2 heterocycles. The van der Waals surface area contributed by atoms with Crippen molar-refractivity contribution in [3.8, 4) is 0 Å². The zero-order valence-corrected chi connectivity index (χ0v) is 9.42. The van der Waals surface area contributed by atoms with Crippen LogP contribution in [-0.4, -0.2) is 32.2 Å². The van der Waals surface area contributed by atoms with Crippen LogP contribution < -0.4 is 5.73 Å². The minimum absolute atomic E-state index is 0.231. The van der Waals surface area contributed by atoms with Crippen LogP contribution in [-0.2, 0) is 11.3 Å². The van der Waals surface area contributed by atoms with Crippen molar-refractivity contribution in [1.82, 2.24) is 19.5 Å². The third kappa shape index (κ3) is 2.11. The Labute approximate surface area is 93.5 Å². The molecule has 0 aliphatic carbocycles. The fraction of sp³-hybridized carbons (Fsp3) is 0.500. The Hall–Kier alpha value is -1.69. The van der Waals surface area contributed by atoms with Crippen molar-refractivity contribution in [3.05, 3.63) is 12.7 Å². The third-order valence-corrected chi connectivity index (χ3v) is 2.21. The Morgan fingerprint density at radius 1 is 1.38 bits per heavy atom. The van der Waals surface area contributed by atoms with Gasteiger partial charge in [0.05, 0.1) is 19.0 Å². The van der Waals surface area contributed by atoms with E-state index in [0.717, 1.165) is 5.65 Å². The molecule has 0 saturated heterocycles. The number of fused-ring (bicyclic) bond motifs is 1. The van der Waals surface area contributed by atoms with Gasteiger partial charge in [-0.25, -0.2) is 15.0 Å². The first-order chi connectivity index (χ1) is 7.68. The van der Waals surface area contributed by atoms with Gasteiger partial charge in [0.15, 0.2) is 11.5 Å². The van der Waals surface area contributed by atoms with Crippen molar-refractivity contribution in [3.63, 3.8) is 0 Å². The highest BCUT2D eigenvalue weighted by atomic mass is 16.5. The predicted molar refractivity (Wildman–Crippen MR) is 60.8 cm³/mol. The Kier molecular flexibility index (Phi) is 3.00. The summed E-state index contributed by atoms with van der Waals surface area (Å²) in [5.74, 6) is 0.411. The molecule has 2 aromatic rings. The van der Waals surface area contributed by atoms with E-state index in [1.54, 1.807) is 6.33 Å². The molecule has 0 spiro atoms. The lowest BCUT2D eigenvalue weighted by atomic mass is 10.5. The van der Waals surface area contributed by atoms with Gasteiger partial charge in [0.2, 0.25) is 0 Å². The van der Waals surface area contributed by atoms with E-state index in [-0.39, 0.29) is 6.10 Å². The standard InChI is InChI=1S/C10H15N5O/c1-7(2)16-4-3-15-6-14-8-9(11)12-5-13-10(8)15/h5-7H,3-4H2,1-2H3,(H2,11,12,13). The summed E-state index contributed by atoms with van der Waals surface area (Å²) in [6, 6.07) is 0. The normalized spacial score (nSPS) is 11.4. The van der Waals surface area contributed by atoms with Gasteiger partial charge in [-0.1, -0.05) is 0 Å². The lowest BCUT2D eigenvalue weighted by Gasteiger charge is -2.07. The molecule has 0 aromatic carbocycles. The maximum absolute atomic E-state index is 5.69. The summed E-state index contributed by atoms with van der Waals surface area (Å²) >= 11 is 0. The highest BCUT2D eigenvalue weighted by molar-refractivity contribution is 5.80. The second kappa shape index (κ2) is 4.44. The Morgan fingerprint density at radius 2 is 2.19 bits per heavy atom. The number of anilines is 1. The molecule has 0 bridgehead atoms. The molecule has 0 fully saturated rings. The zero-order chi connectivity index (χ0) is 11.5. The molecule has 0 radical (unpaired) electrons. The van der Waals surface area contributed by atoms with Crippen LogP contribution in [0.2, 0.25) is 0 Å². The first-order valence-corrected chi connectivity index (χ1v) is 5.21. The molecule has 0 saturated carbocycles. The number of rotatable bonds is 4. The van der Waals surface area contributed by atoms with Crippen LogP contribution in [0.1, 0.15) is 13.8 Å². The maximum atomic E-state index is 5.69. The molecule has 0 atom stereocenters. The van der Waals surface area contributed by atoms with Crippen molar-refractivity contribution in [2.45, 2.75) is 26.5 Å². The van der Waals surface area contributed by atoms with Gasteiger partial charge >= 0.3 is 0 Å². The van der Waals surface area contributed by atoms with Crippen LogP contribution in [0.5, 0.6) is 0 Å². The molecule has 86 valence electrons. The molecule has 0 amide bonds. The van der Waals surface area contributed by atoms with Crippen molar-refractivity contribution in [1.29, 1.82) is 0 Å². The molecule has 0 aliphatic heterocycles. The van der Waals surface area contributed by atoms with Crippen LogP contribution >= 0.6 is 0 Å². The molecule has 0 aliphatic rings. The van der Waals surface area contributed by atoms with Gasteiger partial charge in [-0.2, -0.15) is 0 Å². The first-order valence-electron chi connectivity index (χ1n) is 5.21. The van der Waals surface area contributed by atoms with Gasteiger partial charge in [-0.05, 0) is 13.8 Å². The minimum atomic E-state index is 0.231. The van der Waals surface area contributed by atoms with Gasteiger partial charge in [-0.3, -0.25) is 0 Å². The third-order valence-electron chi connectivity index (χ3n) is 2.21. The van der Waals surface area contributed by atoms with Gasteiger partial charge in [-0.15, -0.1) is 0 Å². The van der Waals surface area contributed by atoms with E-state index in [4.69, 9.17) is 10.5 Å². The van der Waals surface area contributed by atoms with Crippen molar-refractivity contribution >= 4 is 17.0 Å². The summed E-state index contributed by atoms with van der Waals surface area (Å²) in [6.45, 7) is 5.36. The Bertz CT molecular complexity index is 479. The van der Waals surface area contributed by atoms with E-state index < -0.39 is 0 Å². The summed E-state index contributed by atoms with van der Waals surface area (Å²) in [6.07, 6.45) is 3.38. The number of imidazole rings is 1. The molecule has 2 N–H and O–H groups in total. The van der Waals surface area contributed by atoms with Crippen molar-refractivity contribution in [2.24, 2.45) is 0 Å². The number of ether oxygens (including phenoxy) is 1.